The van der Waals surface area contributed by atoms with Gasteiger partial charge in [0.25, 0.3) is 0 Å². The number of ether oxygens (including phenoxy) is 1. The Balaban J connectivity index is 0.00000480. The molecule has 0 saturated carbocycles. The summed E-state index contributed by atoms with van der Waals surface area (Å²) in [7, 11) is 1.67. The Morgan fingerprint density at radius 3 is 2.61 bits per heavy atom. The molecule has 0 bridgehead atoms. The van der Waals surface area contributed by atoms with Crippen molar-refractivity contribution < 1.29 is 18.3 Å². The van der Waals surface area contributed by atoms with Crippen molar-refractivity contribution in [3.05, 3.63) is 29.3 Å². The van der Waals surface area contributed by atoms with Crippen LogP contribution in [0, 0.1) is 12.8 Å². The molecular weight excluding hydrogens is 519 g/mol. The van der Waals surface area contributed by atoms with Gasteiger partial charge in [-0.1, -0.05) is 17.7 Å². The highest BCUT2D eigenvalue weighted by Gasteiger charge is 2.22. The van der Waals surface area contributed by atoms with Gasteiger partial charge in [-0.05, 0) is 58.3 Å². The minimum Gasteiger partial charge on any atom is -0.434 e. The third kappa shape index (κ3) is 9.98. The molecule has 176 valence electrons. The molecule has 1 aromatic rings. The summed E-state index contributed by atoms with van der Waals surface area (Å²) in [6, 6.07) is 5.12. The molecule has 2 rings (SSSR count). The molecule has 0 unspecified atom stereocenters. The largest absolute Gasteiger partial charge is 0.434 e. The zero-order valence-corrected chi connectivity index (χ0v) is 20.5. The Hall–Kier alpha value is -1.69. The van der Waals surface area contributed by atoms with E-state index in [2.05, 4.69) is 25.3 Å². The molecule has 10 heteroatoms. The fraction of sp³-hybridized carbons (Fsp3) is 0.619. The van der Waals surface area contributed by atoms with Crippen molar-refractivity contribution in [3.8, 4) is 5.75 Å². The SMILES string of the molecule is CN=C(NCCCCN1CCC(C(N)=O)CC1)NCc1cc(C)ccc1OC(F)F.I. The van der Waals surface area contributed by atoms with Gasteiger partial charge in [0.1, 0.15) is 5.75 Å². The minimum absolute atomic E-state index is 0. The van der Waals surface area contributed by atoms with E-state index in [0.29, 0.717) is 18.1 Å². The second-order valence-electron chi connectivity index (χ2n) is 7.57. The fourth-order valence-electron chi connectivity index (χ4n) is 3.57. The fourth-order valence-corrected chi connectivity index (χ4v) is 3.57. The molecule has 0 aromatic heterocycles. The molecule has 1 saturated heterocycles. The van der Waals surface area contributed by atoms with Gasteiger partial charge in [0, 0.05) is 31.6 Å². The van der Waals surface area contributed by atoms with Crippen molar-refractivity contribution in [2.75, 3.05) is 33.2 Å². The van der Waals surface area contributed by atoms with Gasteiger partial charge in [-0.25, -0.2) is 0 Å². The first-order valence-corrected chi connectivity index (χ1v) is 10.4. The van der Waals surface area contributed by atoms with Gasteiger partial charge in [-0.3, -0.25) is 9.79 Å². The average molecular weight is 553 g/mol. The highest BCUT2D eigenvalue weighted by Crippen LogP contribution is 2.22. The predicted octanol–water partition coefficient (Wildman–Crippen LogP) is 2.86. The molecule has 0 spiro atoms. The third-order valence-electron chi connectivity index (χ3n) is 5.29. The zero-order chi connectivity index (χ0) is 21.9. The van der Waals surface area contributed by atoms with E-state index in [9.17, 15) is 13.6 Å². The molecule has 7 nitrogen and oxygen atoms in total. The second-order valence-corrected chi connectivity index (χ2v) is 7.57. The molecule has 0 radical (unpaired) electrons. The monoisotopic (exact) mass is 553 g/mol. The number of nitrogens with zero attached hydrogens (tertiary/aromatic N) is 2. The summed E-state index contributed by atoms with van der Waals surface area (Å²) >= 11 is 0. The normalized spacial score (nSPS) is 15.5. The number of halogens is 3. The smallest absolute Gasteiger partial charge is 0.387 e. The number of primary amides is 1. The van der Waals surface area contributed by atoms with E-state index in [1.165, 1.54) is 0 Å². The number of carbonyl (C=O) groups excluding carboxylic acids is 1. The number of benzene rings is 1. The summed E-state index contributed by atoms with van der Waals surface area (Å²) < 4.78 is 29.8. The van der Waals surface area contributed by atoms with Crippen LogP contribution in [-0.4, -0.2) is 56.6 Å². The molecule has 31 heavy (non-hydrogen) atoms. The van der Waals surface area contributed by atoms with Crippen LogP contribution in [0.4, 0.5) is 8.78 Å². The summed E-state index contributed by atoms with van der Waals surface area (Å²) in [5.41, 5.74) is 6.99. The van der Waals surface area contributed by atoms with Gasteiger partial charge in [0.2, 0.25) is 5.91 Å². The number of carbonyl (C=O) groups is 1. The standard InChI is InChI=1S/C21H33F2N5O2.HI/c1-15-5-6-18(30-20(22)23)17(13-15)14-27-21(25-2)26-9-3-4-10-28-11-7-16(8-12-28)19(24)29;/h5-6,13,16,20H,3-4,7-12,14H2,1-2H3,(H2,24,29)(H2,25,26,27);1H. The first-order chi connectivity index (χ1) is 14.4. The summed E-state index contributed by atoms with van der Waals surface area (Å²) in [5.74, 6) is 0.619. The summed E-state index contributed by atoms with van der Waals surface area (Å²) in [5, 5.41) is 6.39. The number of rotatable bonds is 10. The van der Waals surface area contributed by atoms with Crippen molar-refractivity contribution in [1.29, 1.82) is 0 Å². The minimum atomic E-state index is -2.86. The van der Waals surface area contributed by atoms with Gasteiger partial charge in [0.05, 0.1) is 0 Å². The van der Waals surface area contributed by atoms with Crippen LogP contribution in [0.2, 0.25) is 0 Å². The van der Waals surface area contributed by atoms with Gasteiger partial charge < -0.3 is 26.0 Å². The van der Waals surface area contributed by atoms with Gasteiger partial charge in [-0.2, -0.15) is 8.78 Å². The Bertz CT molecular complexity index is 713. The second kappa shape index (κ2) is 14.4. The number of hydrogen-bond acceptors (Lipinski definition) is 4. The molecule has 0 aliphatic carbocycles. The van der Waals surface area contributed by atoms with Crippen LogP contribution in [0.25, 0.3) is 0 Å². The molecule has 1 amide bonds. The predicted molar refractivity (Wildman–Crippen MR) is 129 cm³/mol. The first-order valence-electron chi connectivity index (χ1n) is 10.4. The first kappa shape index (κ1) is 27.3. The van der Waals surface area contributed by atoms with Crippen LogP contribution in [0.3, 0.4) is 0 Å². The van der Waals surface area contributed by atoms with Crippen molar-refractivity contribution in [3.63, 3.8) is 0 Å². The number of amides is 1. The molecule has 0 atom stereocenters. The summed E-state index contributed by atoms with van der Waals surface area (Å²) in [6.07, 6.45) is 3.71. The summed E-state index contributed by atoms with van der Waals surface area (Å²) in [4.78, 5) is 17.8. The van der Waals surface area contributed by atoms with E-state index in [1.807, 2.05) is 13.0 Å². The molecule has 1 aromatic carbocycles. The van der Waals surface area contributed by atoms with E-state index >= 15 is 0 Å². The highest BCUT2D eigenvalue weighted by atomic mass is 127. The van der Waals surface area contributed by atoms with E-state index < -0.39 is 6.61 Å². The number of alkyl halides is 2. The van der Waals surface area contributed by atoms with Crippen LogP contribution >= 0.6 is 24.0 Å². The Morgan fingerprint density at radius 2 is 2.00 bits per heavy atom. The molecular formula is C21H34F2IN5O2. The maximum absolute atomic E-state index is 12.6. The number of aryl methyl sites for hydroxylation is 1. The lowest BCUT2D eigenvalue weighted by Gasteiger charge is -2.30. The Morgan fingerprint density at radius 1 is 1.29 bits per heavy atom. The van der Waals surface area contributed by atoms with Crippen LogP contribution in [0.5, 0.6) is 5.75 Å². The molecule has 4 N–H and O–H groups in total. The number of nitrogens with two attached hydrogens (primary N) is 1. The molecule has 1 aliphatic heterocycles. The van der Waals surface area contributed by atoms with Crippen LogP contribution in [0.1, 0.15) is 36.8 Å². The van der Waals surface area contributed by atoms with Gasteiger partial charge in [0.15, 0.2) is 5.96 Å². The average Bonchev–Trinajstić information content (AvgIpc) is 2.71. The topological polar surface area (TPSA) is 92.0 Å². The highest BCUT2D eigenvalue weighted by molar-refractivity contribution is 14.0. The summed E-state index contributed by atoms with van der Waals surface area (Å²) in [6.45, 7) is 2.97. The quantitative estimate of drug-likeness (QED) is 0.180. The maximum atomic E-state index is 12.6. The zero-order valence-electron chi connectivity index (χ0n) is 18.2. The lowest BCUT2D eigenvalue weighted by Crippen LogP contribution is -2.39. The van der Waals surface area contributed by atoms with E-state index in [4.69, 9.17) is 5.73 Å². The number of nitrogens with one attached hydrogen (secondary N) is 2. The van der Waals surface area contributed by atoms with Crippen molar-refractivity contribution in [2.45, 2.75) is 45.8 Å². The number of aliphatic imine (C=N–C) groups is 1. The van der Waals surface area contributed by atoms with E-state index in [1.54, 1.807) is 19.2 Å². The van der Waals surface area contributed by atoms with Gasteiger partial charge >= 0.3 is 6.61 Å². The lowest BCUT2D eigenvalue weighted by molar-refractivity contribution is -0.123. The Kier molecular flexibility index (Phi) is 12.7. The molecule has 1 heterocycles. The number of likely N-dealkylation sites (tertiary alicyclic amines) is 1. The van der Waals surface area contributed by atoms with E-state index in [-0.39, 0.29) is 41.6 Å². The van der Waals surface area contributed by atoms with Crippen LogP contribution < -0.4 is 21.1 Å². The molecule has 1 fully saturated rings. The van der Waals surface area contributed by atoms with E-state index in [0.717, 1.165) is 57.4 Å². The lowest BCUT2D eigenvalue weighted by atomic mass is 9.96. The third-order valence-corrected chi connectivity index (χ3v) is 5.29. The van der Waals surface area contributed by atoms with Crippen LogP contribution in [-0.2, 0) is 11.3 Å². The number of piperidine rings is 1. The number of hydrogen-bond donors (Lipinski definition) is 3. The molecule has 1 aliphatic rings. The van der Waals surface area contributed by atoms with Gasteiger partial charge in [-0.15, -0.1) is 24.0 Å². The van der Waals surface area contributed by atoms with Crippen molar-refractivity contribution >= 4 is 35.8 Å². The Labute approximate surface area is 200 Å². The van der Waals surface area contributed by atoms with Crippen LogP contribution in [0.15, 0.2) is 23.2 Å². The van der Waals surface area contributed by atoms with Crippen molar-refractivity contribution in [2.24, 2.45) is 16.6 Å². The maximum Gasteiger partial charge on any atom is 0.387 e. The number of guanidine groups is 1. The number of unbranched alkanes of at least 4 members (excludes halogenated alkanes) is 1. The van der Waals surface area contributed by atoms with Crippen molar-refractivity contribution in [1.82, 2.24) is 15.5 Å².